The lowest BCUT2D eigenvalue weighted by atomic mass is 10.1. The average Bonchev–Trinajstić information content (AvgIpc) is 2.56. The van der Waals surface area contributed by atoms with Crippen molar-refractivity contribution in [2.24, 2.45) is 4.99 Å². The van der Waals surface area contributed by atoms with Gasteiger partial charge in [-0.25, -0.2) is 0 Å². The summed E-state index contributed by atoms with van der Waals surface area (Å²) in [5.74, 6) is 0.0717. The maximum atomic E-state index is 12.7. The van der Waals surface area contributed by atoms with Gasteiger partial charge < -0.3 is 14.5 Å². The van der Waals surface area contributed by atoms with Gasteiger partial charge in [-0.3, -0.25) is 9.79 Å². The third kappa shape index (κ3) is 2.83. The number of rotatable bonds is 3. The van der Waals surface area contributed by atoms with Crippen LogP contribution in [0.4, 0.5) is 11.4 Å². The molecule has 2 heterocycles. The fourth-order valence-corrected chi connectivity index (χ4v) is 2.71. The van der Waals surface area contributed by atoms with Crippen LogP contribution in [-0.2, 0) is 9.53 Å². The Balaban J connectivity index is 1.79. The summed E-state index contributed by atoms with van der Waals surface area (Å²) in [6.45, 7) is 7.15. The van der Waals surface area contributed by atoms with Crippen LogP contribution in [0, 0.1) is 0 Å². The van der Waals surface area contributed by atoms with Crippen LogP contribution >= 0.6 is 0 Å². The molecular weight excluding hydrogens is 266 g/mol. The third-order valence-electron chi connectivity index (χ3n) is 3.85. The van der Waals surface area contributed by atoms with Gasteiger partial charge in [0.2, 0.25) is 0 Å². The zero-order valence-electron chi connectivity index (χ0n) is 12.0. The first-order valence-corrected chi connectivity index (χ1v) is 7.21. The summed E-state index contributed by atoms with van der Waals surface area (Å²) >= 11 is 0. The van der Waals surface area contributed by atoms with Crippen molar-refractivity contribution in [3.05, 3.63) is 36.0 Å². The molecule has 0 radical (unpaired) electrons. The molecule has 0 aliphatic carbocycles. The summed E-state index contributed by atoms with van der Waals surface area (Å²) in [5.41, 5.74) is 2.52. The number of morpholine rings is 1. The minimum absolute atomic E-state index is 0.0717. The van der Waals surface area contributed by atoms with E-state index >= 15 is 0 Å². The molecule has 2 aliphatic heterocycles. The van der Waals surface area contributed by atoms with Gasteiger partial charge >= 0.3 is 0 Å². The molecule has 5 nitrogen and oxygen atoms in total. The Morgan fingerprint density at radius 3 is 2.48 bits per heavy atom. The molecule has 1 aromatic carbocycles. The van der Waals surface area contributed by atoms with Crippen LogP contribution in [0.15, 0.2) is 41.0 Å². The second-order valence-corrected chi connectivity index (χ2v) is 5.11. The smallest absolute Gasteiger partial charge is 0.274 e. The Morgan fingerprint density at radius 2 is 1.81 bits per heavy atom. The van der Waals surface area contributed by atoms with Gasteiger partial charge in [-0.15, -0.1) is 0 Å². The molecule has 0 unspecified atom stereocenters. The van der Waals surface area contributed by atoms with E-state index in [9.17, 15) is 4.79 Å². The number of aliphatic imine (C=N–C) groups is 1. The van der Waals surface area contributed by atoms with Gasteiger partial charge in [-0.2, -0.15) is 0 Å². The molecule has 21 heavy (non-hydrogen) atoms. The highest BCUT2D eigenvalue weighted by Gasteiger charge is 2.28. The highest BCUT2D eigenvalue weighted by Crippen LogP contribution is 2.25. The van der Waals surface area contributed by atoms with E-state index in [0.29, 0.717) is 19.8 Å². The Hall–Kier alpha value is -2.14. The molecule has 0 N–H and O–H groups in total. The maximum Gasteiger partial charge on any atom is 0.274 e. The van der Waals surface area contributed by atoms with Gasteiger partial charge in [0, 0.05) is 25.3 Å². The van der Waals surface area contributed by atoms with Crippen LogP contribution in [0.1, 0.15) is 6.42 Å². The second kappa shape index (κ2) is 6.10. The first-order valence-electron chi connectivity index (χ1n) is 7.21. The summed E-state index contributed by atoms with van der Waals surface area (Å²) in [6, 6.07) is 7.60. The van der Waals surface area contributed by atoms with Crippen LogP contribution in [0.25, 0.3) is 0 Å². The lowest BCUT2D eigenvalue weighted by Crippen LogP contribution is -2.45. The van der Waals surface area contributed by atoms with Crippen molar-refractivity contribution >= 4 is 24.0 Å². The molecule has 1 fully saturated rings. The normalized spacial score (nSPS) is 19.4. The Bertz CT molecular complexity index is 559. The first-order chi connectivity index (χ1) is 10.3. The lowest BCUT2D eigenvalue weighted by molar-refractivity contribution is -0.117. The number of carbonyl (C=O) groups excluding carboxylic acids is 1. The summed E-state index contributed by atoms with van der Waals surface area (Å²) in [5, 5.41) is 0. The van der Waals surface area contributed by atoms with E-state index in [1.807, 2.05) is 35.2 Å². The van der Waals surface area contributed by atoms with Gasteiger partial charge in [0.05, 0.1) is 24.6 Å². The molecule has 2 aliphatic rings. The Labute approximate surface area is 124 Å². The van der Waals surface area contributed by atoms with Crippen molar-refractivity contribution in [2.45, 2.75) is 6.42 Å². The number of amides is 1. The SMILES string of the molecule is C=Nc1ccc(N2CCC=C(N3CCOCC3)C2=O)cc1. The van der Waals surface area contributed by atoms with Gasteiger partial charge in [0.1, 0.15) is 0 Å². The van der Waals surface area contributed by atoms with Crippen molar-refractivity contribution in [3.8, 4) is 0 Å². The molecule has 1 amide bonds. The number of carbonyl (C=O) groups is 1. The Kier molecular flexibility index (Phi) is 4.01. The van der Waals surface area contributed by atoms with Gasteiger partial charge in [0.15, 0.2) is 0 Å². The van der Waals surface area contributed by atoms with E-state index in [1.165, 1.54) is 0 Å². The van der Waals surface area contributed by atoms with E-state index in [1.54, 1.807) is 0 Å². The van der Waals surface area contributed by atoms with E-state index in [2.05, 4.69) is 16.6 Å². The lowest BCUT2D eigenvalue weighted by Gasteiger charge is -2.35. The number of nitrogens with zero attached hydrogens (tertiary/aromatic N) is 3. The number of benzene rings is 1. The van der Waals surface area contributed by atoms with Crippen LogP contribution in [-0.4, -0.2) is 50.4 Å². The van der Waals surface area contributed by atoms with Crippen LogP contribution in [0.5, 0.6) is 0 Å². The third-order valence-corrected chi connectivity index (χ3v) is 3.85. The number of hydrogen-bond acceptors (Lipinski definition) is 4. The fourth-order valence-electron chi connectivity index (χ4n) is 2.71. The van der Waals surface area contributed by atoms with Gasteiger partial charge in [0.25, 0.3) is 5.91 Å². The van der Waals surface area contributed by atoms with Crippen molar-refractivity contribution in [1.29, 1.82) is 0 Å². The molecule has 3 rings (SSSR count). The zero-order chi connectivity index (χ0) is 14.7. The van der Waals surface area contributed by atoms with Crippen LogP contribution in [0.2, 0.25) is 0 Å². The molecule has 0 bridgehead atoms. The highest BCUT2D eigenvalue weighted by molar-refractivity contribution is 6.06. The molecule has 5 heteroatoms. The molecule has 0 aromatic heterocycles. The molecule has 0 saturated carbocycles. The summed E-state index contributed by atoms with van der Waals surface area (Å²) in [6.07, 6.45) is 2.92. The predicted octanol–water partition coefficient (Wildman–Crippen LogP) is 1.97. The van der Waals surface area contributed by atoms with E-state index in [0.717, 1.165) is 36.6 Å². The van der Waals surface area contributed by atoms with E-state index in [-0.39, 0.29) is 5.91 Å². The van der Waals surface area contributed by atoms with Gasteiger partial charge in [-0.05, 0) is 37.4 Å². The summed E-state index contributed by atoms with van der Waals surface area (Å²) in [4.78, 5) is 20.6. The minimum atomic E-state index is 0.0717. The fraction of sp³-hybridized carbons (Fsp3) is 0.375. The van der Waals surface area contributed by atoms with Crippen molar-refractivity contribution < 1.29 is 9.53 Å². The first kappa shape index (κ1) is 13.8. The Morgan fingerprint density at radius 1 is 1.10 bits per heavy atom. The molecule has 1 aromatic rings. The van der Waals surface area contributed by atoms with Gasteiger partial charge in [-0.1, -0.05) is 6.08 Å². The standard InChI is InChI=1S/C16H19N3O2/c1-17-13-4-6-14(7-5-13)19-8-2-3-15(16(19)20)18-9-11-21-12-10-18/h3-7H,1-2,8-12H2. The summed E-state index contributed by atoms with van der Waals surface area (Å²) in [7, 11) is 0. The van der Waals surface area contributed by atoms with Crippen LogP contribution in [0.3, 0.4) is 0 Å². The average molecular weight is 285 g/mol. The van der Waals surface area contributed by atoms with E-state index < -0.39 is 0 Å². The summed E-state index contributed by atoms with van der Waals surface area (Å²) < 4.78 is 5.35. The zero-order valence-corrected chi connectivity index (χ0v) is 12.0. The molecule has 1 saturated heterocycles. The monoisotopic (exact) mass is 285 g/mol. The topological polar surface area (TPSA) is 45.1 Å². The van der Waals surface area contributed by atoms with E-state index in [4.69, 9.17) is 4.74 Å². The van der Waals surface area contributed by atoms with Crippen molar-refractivity contribution in [2.75, 3.05) is 37.7 Å². The maximum absolute atomic E-state index is 12.7. The number of ether oxygens (including phenoxy) is 1. The molecular formula is C16H19N3O2. The molecule has 110 valence electrons. The number of hydrogen-bond donors (Lipinski definition) is 0. The number of anilines is 1. The second-order valence-electron chi connectivity index (χ2n) is 5.11. The quantitative estimate of drug-likeness (QED) is 0.798. The minimum Gasteiger partial charge on any atom is -0.378 e. The van der Waals surface area contributed by atoms with Crippen molar-refractivity contribution in [1.82, 2.24) is 4.90 Å². The highest BCUT2D eigenvalue weighted by atomic mass is 16.5. The van der Waals surface area contributed by atoms with Crippen LogP contribution < -0.4 is 4.90 Å². The predicted molar refractivity (Wildman–Crippen MR) is 83.1 cm³/mol. The largest absolute Gasteiger partial charge is 0.378 e. The van der Waals surface area contributed by atoms with Crippen molar-refractivity contribution in [3.63, 3.8) is 0 Å². The molecule has 0 atom stereocenters. The molecule has 0 spiro atoms.